The Bertz CT molecular complexity index is 1600. The van der Waals surface area contributed by atoms with E-state index in [9.17, 15) is 9.90 Å². The van der Waals surface area contributed by atoms with Crippen molar-refractivity contribution in [2.75, 3.05) is 33.2 Å². The molecule has 8 nitrogen and oxygen atoms in total. The Balaban J connectivity index is 1.38. The van der Waals surface area contributed by atoms with E-state index in [-0.39, 0.29) is 11.8 Å². The second-order valence-electron chi connectivity index (χ2n) is 9.67. The molecule has 2 aliphatic rings. The summed E-state index contributed by atoms with van der Waals surface area (Å²) in [4.78, 5) is 24.9. The molecule has 39 heavy (non-hydrogen) atoms. The Labute approximate surface area is 230 Å². The minimum Gasteiger partial charge on any atom is -0.494 e. The Hall–Kier alpha value is -4.27. The Kier molecular flexibility index (Phi) is 6.72. The van der Waals surface area contributed by atoms with E-state index >= 15 is 0 Å². The van der Waals surface area contributed by atoms with Crippen molar-refractivity contribution in [1.29, 1.82) is 0 Å². The number of ether oxygens (including phenoxy) is 2. The number of hydrogen-bond donors (Lipinski definition) is 2. The lowest BCUT2D eigenvalue weighted by molar-refractivity contribution is -0.132. The second kappa shape index (κ2) is 10.5. The Morgan fingerprint density at radius 2 is 1.79 bits per heavy atom. The number of piperazine rings is 1. The van der Waals surface area contributed by atoms with E-state index < -0.39 is 0 Å². The van der Waals surface area contributed by atoms with Crippen molar-refractivity contribution in [2.45, 2.75) is 6.42 Å². The predicted octanol–water partition coefficient (Wildman–Crippen LogP) is 5.25. The van der Waals surface area contributed by atoms with E-state index in [1.807, 2.05) is 47.4 Å². The minimum absolute atomic E-state index is 0.0368. The molecule has 2 N–H and O–H groups in total. The summed E-state index contributed by atoms with van der Waals surface area (Å²) in [6.07, 6.45) is 3.27. The van der Waals surface area contributed by atoms with Crippen LogP contribution in [0.5, 0.6) is 17.4 Å². The number of aromatic amines is 1. The molecule has 198 valence electrons. The SMILES string of the molecule is CN1CCN(C(=O)Cc2ccc(N=C(c3cccc4c3OC=CO4)c3c(O)[nH]c4cc(Cl)ccc34)cc2)CC1. The van der Waals surface area contributed by atoms with Crippen LogP contribution in [0, 0.1) is 0 Å². The van der Waals surface area contributed by atoms with Gasteiger partial charge in [-0.3, -0.25) is 4.79 Å². The van der Waals surface area contributed by atoms with Gasteiger partial charge in [-0.1, -0.05) is 35.9 Å². The van der Waals surface area contributed by atoms with Crippen molar-refractivity contribution in [2.24, 2.45) is 4.99 Å². The molecule has 1 fully saturated rings. The van der Waals surface area contributed by atoms with Crippen molar-refractivity contribution in [3.8, 4) is 17.4 Å². The third kappa shape index (κ3) is 5.08. The maximum absolute atomic E-state index is 12.8. The first-order valence-electron chi connectivity index (χ1n) is 12.7. The zero-order valence-corrected chi connectivity index (χ0v) is 22.1. The third-order valence-electron chi connectivity index (χ3n) is 7.04. The summed E-state index contributed by atoms with van der Waals surface area (Å²) in [5.41, 5.74) is 3.93. The molecule has 9 heteroatoms. The number of halogens is 1. The Morgan fingerprint density at radius 1 is 1.03 bits per heavy atom. The average molecular weight is 543 g/mol. The molecule has 0 spiro atoms. The highest BCUT2D eigenvalue weighted by atomic mass is 35.5. The number of carbonyl (C=O) groups is 1. The molecular formula is C30H27ClN4O4. The van der Waals surface area contributed by atoms with E-state index in [0.717, 1.165) is 37.1 Å². The average Bonchev–Trinajstić information content (AvgIpc) is 3.27. The number of nitrogens with one attached hydrogen (secondary N) is 1. The van der Waals surface area contributed by atoms with Gasteiger partial charge in [0.05, 0.1) is 28.9 Å². The van der Waals surface area contributed by atoms with Crippen molar-refractivity contribution in [3.63, 3.8) is 0 Å². The van der Waals surface area contributed by atoms with Crippen LogP contribution in [0.1, 0.15) is 16.7 Å². The highest BCUT2D eigenvalue weighted by molar-refractivity contribution is 6.31. The van der Waals surface area contributed by atoms with Gasteiger partial charge in [-0.2, -0.15) is 0 Å². The molecule has 0 unspecified atom stereocenters. The van der Waals surface area contributed by atoms with Crippen molar-refractivity contribution >= 4 is 39.8 Å². The number of aromatic hydroxyl groups is 1. The van der Waals surface area contributed by atoms with Crippen LogP contribution in [0.3, 0.4) is 0 Å². The van der Waals surface area contributed by atoms with Crippen molar-refractivity contribution in [1.82, 2.24) is 14.8 Å². The van der Waals surface area contributed by atoms with Crippen LogP contribution in [0.4, 0.5) is 5.69 Å². The Morgan fingerprint density at radius 3 is 2.59 bits per heavy atom. The van der Waals surface area contributed by atoms with Crippen LogP contribution in [0.2, 0.25) is 5.02 Å². The monoisotopic (exact) mass is 542 g/mol. The van der Waals surface area contributed by atoms with E-state index in [2.05, 4.69) is 16.9 Å². The number of aliphatic imine (C=N–C) groups is 1. The fourth-order valence-corrected chi connectivity index (χ4v) is 5.09. The van der Waals surface area contributed by atoms with Crippen molar-refractivity contribution < 1.29 is 19.4 Å². The molecular weight excluding hydrogens is 516 g/mol. The van der Waals surface area contributed by atoms with Gasteiger partial charge in [0, 0.05) is 42.2 Å². The molecule has 1 amide bonds. The summed E-state index contributed by atoms with van der Waals surface area (Å²) in [5.74, 6) is 1.13. The molecule has 1 aromatic heterocycles. The number of amides is 1. The largest absolute Gasteiger partial charge is 0.494 e. The molecule has 0 saturated carbocycles. The number of hydrogen-bond acceptors (Lipinski definition) is 6. The molecule has 4 aromatic rings. The van der Waals surface area contributed by atoms with Gasteiger partial charge in [0.15, 0.2) is 17.4 Å². The van der Waals surface area contributed by atoms with Gasteiger partial charge in [0.25, 0.3) is 0 Å². The number of likely N-dealkylation sites (N-methyl/N-ethyl adjacent to an activating group) is 1. The molecule has 0 radical (unpaired) electrons. The molecule has 1 saturated heterocycles. The highest BCUT2D eigenvalue weighted by Gasteiger charge is 2.25. The van der Waals surface area contributed by atoms with Gasteiger partial charge in [0.2, 0.25) is 5.91 Å². The van der Waals surface area contributed by atoms with Gasteiger partial charge in [0.1, 0.15) is 12.5 Å². The smallest absolute Gasteiger partial charge is 0.227 e. The van der Waals surface area contributed by atoms with Gasteiger partial charge in [-0.05, 0) is 49.0 Å². The van der Waals surface area contributed by atoms with Crippen LogP contribution in [-0.2, 0) is 11.2 Å². The van der Waals surface area contributed by atoms with Crippen LogP contribution in [0.15, 0.2) is 78.2 Å². The number of carbonyl (C=O) groups excluding carboxylic acids is 1. The van der Waals surface area contributed by atoms with E-state index in [1.54, 1.807) is 18.2 Å². The standard InChI is InChI=1S/C30H27ClN4O4/c1-34-11-13-35(14-12-34)26(36)17-19-5-8-21(9-6-19)32-28(23-3-2-4-25-29(23)39-16-15-38-25)27-22-10-7-20(31)18-24(22)33-30(27)37/h2-10,15-16,18,33,37H,11-14,17H2,1H3. The lowest BCUT2D eigenvalue weighted by Gasteiger charge is -2.32. The minimum atomic E-state index is -0.0368. The maximum Gasteiger partial charge on any atom is 0.227 e. The zero-order valence-electron chi connectivity index (χ0n) is 21.4. The van der Waals surface area contributed by atoms with Crippen molar-refractivity contribution in [3.05, 3.63) is 94.9 Å². The number of benzene rings is 3. The lowest BCUT2D eigenvalue weighted by atomic mass is 9.99. The molecule has 2 aliphatic heterocycles. The second-order valence-corrected chi connectivity index (χ2v) is 10.1. The summed E-state index contributed by atoms with van der Waals surface area (Å²) < 4.78 is 11.5. The topological polar surface area (TPSA) is 90.4 Å². The van der Waals surface area contributed by atoms with Gasteiger partial charge in [-0.15, -0.1) is 0 Å². The zero-order chi connectivity index (χ0) is 26.9. The number of fused-ring (bicyclic) bond motifs is 2. The van der Waals surface area contributed by atoms with Crippen LogP contribution < -0.4 is 9.47 Å². The summed E-state index contributed by atoms with van der Waals surface area (Å²) in [5, 5.41) is 12.3. The lowest BCUT2D eigenvalue weighted by Crippen LogP contribution is -2.47. The number of H-pyrrole nitrogens is 1. The fourth-order valence-electron chi connectivity index (χ4n) is 4.92. The maximum atomic E-state index is 12.8. The van der Waals surface area contributed by atoms with E-state index in [1.165, 1.54) is 12.5 Å². The quantitative estimate of drug-likeness (QED) is 0.336. The first kappa shape index (κ1) is 25.0. The van der Waals surface area contributed by atoms with Gasteiger partial charge >= 0.3 is 0 Å². The number of aromatic nitrogens is 1. The fraction of sp³-hybridized carbons (Fsp3) is 0.200. The first-order chi connectivity index (χ1) is 19.0. The van der Waals surface area contributed by atoms with Gasteiger partial charge < -0.3 is 29.4 Å². The number of para-hydroxylation sites is 1. The molecule has 0 atom stereocenters. The normalized spacial score (nSPS) is 15.6. The molecule has 0 bridgehead atoms. The molecule has 3 aromatic carbocycles. The third-order valence-corrected chi connectivity index (χ3v) is 7.27. The molecule has 0 aliphatic carbocycles. The van der Waals surface area contributed by atoms with E-state index in [0.29, 0.717) is 51.0 Å². The molecule has 6 rings (SSSR count). The summed E-state index contributed by atoms with van der Waals surface area (Å²) in [7, 11) is 2.07. The van der Waals surface area contributed by atoms with Crippen LogP contribution >= 0.6 is 11.6 Å². The van der Waals surface area contributed by atoms with Crippen LogP contribution in [0.25, 0.3) is 10.9 Å². The van der Waals surface area contributed by atoms with E-state index in [4.69, 9.17) is 26.1 Å². The van der Waals surface area contributed by atoms with Gasteiger partial charge in [-0.25, -0.2) is 4.99 Å². The summed E-state index contributed by atoms with van der Waals surface area (Å²) in [6, 6.07) is 18.5. The summed E-state index contributed by atoms with van der Waals surface area (Å²) in [6.45, 7) is 3.29. The molecule has 3 heterocycles. The first-order valence-corrected chi connectivity index (χ1v) is 13.1. The number of rotatable bonds is 5. The van der Waals surface area contributed by atoms with Crippen LogP contribution in [-0.4, -0.2) is 64.7 Å². The summed E-state index contributed by atoms with van der Waals surface area (Å²) >= 11 is 6.20. The predicted molar refractivity (Wildman–Crippen MR) is 151 cm³/mol. The highest BCUT2D eigenvalue weighted by Crippen LogP contribution is 2.39. The number of nitrogens with zero attached hydrogens (tertiary/aromatic N) is 3.